The van der Waals surface area contributed by atoms with Crippen LogP contribution in [0.25, 0.3) is 0 Å². The quantitative estimate of drug-likeness (QED) is 0.425. The summed E-state index contributed by atoms with van der Waals surface area (Å²) >= 11 is 2.80. The molecule has 2 aliphatic heterocycles. The van der Waals surface area contributed by atoms with Crippen molar-refractivity contribution in [2.75, 3.05) is 11.9 Å². The summed E-state index contributed by atoms with van der Waals surface area (Å²) in [4.78, 5) is 23.6. The highest BCUT2D eigenvalue weighted by Gasteiger charge is 2.42. The first-order chi connectivity index (χ1) is 15.8. The van der Waals surface area contributed by atoms with Gasteiger partial charge in [-0.2, -0.15) is 13.2 Å². The van der Waals surface area contributed by atoms with E-state index in [4.69, 9.17) is 0 Å². The second kappa shape index (κ2) is 8.76. The Morgan fingerprint density at radius 1 is 1.00 bits per heavy atom. The van der Waals surface area contributed by atoms with Crippen LogP contribution in [0, 0.1) is 0 Å². The second-order valence-corrected chi connectivity index (χ2v) is 10.3. The molecular weight excluding hydrogens is 467 g/mol. The number of anilines is 1. The Morgan fingerprint density at radius 3 is 2.48 bits per heavy atom. The highest BCUT2D eigenvalue weighted by atomic mass is 32.2. The summed E-state index contributed by atoms with van der Waals surface area (Å²) in [5.41, 5.74) is 0.483. The average Bonchev–Trinajstić information content (AvgIpc) is 3.30. The van der Waals surface area contributed by atoms with E-state index in [1.807, 2.05) is 36.2 Å². The SMILES string of the molecule is CN1C(=C2SC(=Nc3cccc(C(F)(F)F)c3)N(C3CCCCC3)C2=O)Sc2ccccc21. The van der Waals surface area contributed by atoms with Crippen LogP contribution < -0.4 is 4.90 Å². The van der Waals surface area contributed by atoms with E-state index in [0.717, 1.165) is 59.8 Å². The average molecular weight is 490 g/mol. The lowest BCUT2D eigenvalue weighted by atomic mass is 9.94. The molecular formula is C24H22F3N3OS2. The van der Waals surface area contributed by atoms with Crippen LogP contribution >= 0.6 is 23.5 Å². The van der Waals surface area contributed by atoms with Crippen molar-refractivity contribution in [3.05, 3.63) is 64.0 Å². The number of aliphatic imine (C=N–C) groups is 1. The third-order valence-corrected chi connectivity index (χ3v) is 8.49. The van der Waals surface area contributed by atoms with E-state index in [9.17, 15) is 18.0 Å². The van der Waals surface area contributed by atoms with Crippen LogP contribution in [-0.4, -0.2) is 29.1 Å². The number of carbonyl (C=O) groups is 1. The molecule has 0 bridgehead atoms. The molecule has 1 saturated heterocycles. The number of alkyl halides is 3. The van der Waals surface area contributed by atoms with Crippen LogP contribution in [0.15, 0.2) is 68.4 Å². The maximum absolute atomic E-state index is 13.7. The molecule has 2 fully saturated rings. The van der Waals surface area contributed by atoms with Gasteiger partial charge in [-0.3, -0.25) is 9.69 Å². The molecule has 1 amide bonds. The number of fused-ring (bicyclic) bond motifs is 1. The molecule has 33 heavy (non-hydrogen) atoms. The van der Waals surface area contributed by atoms with Crippen LogP contribution in [-0.2, 0) is 11.0 Å². The monoisotopic (exact) mass is 489 g/mol. The number of halogens is 3. The smallest absolute Gasteiger partial charge is 0.337 e. The summed E-state index contributed by atoms with van der Waals surface area (Å²) in [7, 11) is 1.93. The van der Waals surface area contributed by atoms with Crippen LogP contribution in [0.3, 0.4) is 0 Å². The van der Waals surface area contributed by atoms with E-state index < -0.39 is 11.7 Å². The van der Waals surface area contributed by atoms with Gasteiger partial charge in [0.15, 0.2) is 5.17 Å². The van der Waals surface area contributed by atoms with Crippen LogP contribution in [0.2, 0.25) is 0 Å². The van der Waals surface area contributed by atoms with Crippen molar-refractivity contribution < 1.29 is 18.0 Å². The molecule has 0 spiro atoms. The minimum Gasteiger partial charge on any atom is -0.337 e. The molecule has 9 heteroatoms. The fourth-order valence-electron chi connectivity index (χ4n) is 4.42. The Morgan fingerprint density at radius 2 is 1.76 bits per heavy atom. The van der Waals surface area contributed by atoms with Gasteiger partial charge < -0.3 is 4.90 Å². The van der Waals surface area contributed by atoms with E-state index in [0.29, 0.717) is 10.1 Å². The van der Waals surface area contributed by atoms with Gasteiger partial charge in [-0.25, -0.2) is 4.99 Å². The number of nitrogens with zero attached hydrogens (tertiary/aromatic N) is 3. The minimum absolute atomic E-state index is 0.0143. The van der Waals surface area contributed by atoms with Gasteiger partial charge in [-0.05, 0) is 54.9 Å². The van der Waals surface area contributed by atoms with Crippen LogP contribution in [0.1, 0.15) is 37.7 Å². The predicted molar refractivity (Wildman–Crippen MR) is 128 cm³/mol. The third-order valence-electron chi connectivity index (χ3n) is 6.08. The van der Waals surface area contributed by atoms with E-state index >= 15 is 0 Å². The molecule has 0 aromatic heterocycles. The number of amidine groups is 1. The number of para-hydroxylation sites is 1. The predicted octanol–water partition coefficient (Wildman–Crippen LogP) is 7.01. The molecule has 5 rings (SSSR count). The molecule has 2 heterocycles. The van der Waals surface area contributed by atoms with Crippen molar-refractivity contribution in [2.45, 2.75) is 49.2 Å². The number of thioether (sulfide) groups is 2. The zero-order valence-corrected chi connectivity index (χ0v) is 19.6. The van der Waals surface area contributed by atoms with Gasteiger partial charge in [0.05, 0.1) is 22.0 Å². The Bertz CT molecular complexity index is 1160. The van der Waals surface area contributed by atoms with Crippen molar-refractivity contribution in [1.29, 1.82) is 0 Å². The maximum atomic E-state index is 13.7. The summed E-state index contributed by atoms with van der Waals surface area (Å²) in [6.45, 7) is 0. The summed E-state index contributed by atoms with van der Waals surface area (Å²) < 4.78 is 39.6. The highest BCUT2D eigenvalue weighted by Crippen LogP contribution is 2.50. The van der Waals surface area contributed by atoms with Crippen molar-refractivity contribution >= 4 is 46.0 Å². The molecule has 172 valence electrons. The topological polar surface area (TPSA) is 35.9 Å². The lowest BCUT2D eigenvalue weighted by Gasteiger charge is -2.30. The normalized spacial score (nSPS) is 23.0. The van der Waals surface area contributed by atoms with E-state index in [1.54, 1.807) is 22.7 Å². The molecule has 0 radical (unpaired) electrons. The Balaban J connectivity index is 1.55. The number of hydrogen-bond donors (Lipinski definition) is 0. The maximum Gasteiger partial charge on any atom is 0.416 e. The molecule has 1 saturated carbocycles. The Hall–Kier alpha value is -2.39. The standard InChI is InChI=1S/C24H22F3N3OS2/c1-29-18-12-5-6-13-19(18)32-22(29)20-21(31)30(17-10-3-2-4-11-17)23(33-20)28-16-9-7-8-15(14-16)24(25,26)27/h5-9,12-14,17H,2-4,10-11H2,1H3. The minimum atomic E-state index is -4.44. The van der Waals surface area contributed by atoms with Gasteiger partial charge in [-0.15, -0.1) is 0 Å². The number of amides is 1. The van der Waals surface area contributed by atoms with E-state index in [2.05, 4.69) is 4.99 Å². The molecule has 2 aromatic carbocycles. The zero-order valence-electron chi connectivity index (χ0n) is 17.9. The van der Waals surface area contributed by atoms with E-state index in [-0.39, 0.29) is 17.6 Å². The summed E-state index contributed by atoms with van der Waals surface area (Å²) in [6.07, 6.45) is 0.497. The number of hydrogen-bond acceptors (Lipinski definition) is 5. The molecule has 2 aromatic rings. The largest absolute Gasteiger partial charge is 0.416 e. The van der Waals surface area contributed by atoms with Crippen molar-refractivity contribution in [3.8, 4) is 0 Å². The van der Waals surface area contributed by atoms with Crippen LogP contribution in [0.5, 0.6) is 0 Å². The number of benzene rings is 2. The number of carbonyl (C=O) groups excluding carboxylic acids is 1. The summed E-state index contributed by atoms with van der Waals surface area (Å²) in [6, 6.07) is 12.9. The molecule has 0 atom stereocenters. The first-order valence-electron chi connectivity index (χ1n) is 10.8. The van der Waals surface area contributed by atoms with Crippen molar-refractivity contribution in [3.63, 3.8) is 0 Å². The molecule has 0 unspecified atom stereocenters. The molecule has 3 aliphatic rings. The molecule has 0 N–H and O–H groups in total. The number of rotatable bonds is 2. The van der Waals surface area contributed by atoms with Gasteiger partial charge in [0.2, 0.25) is 0 Å². The zero-order chi connectivity index (χ0) is 23.2. The fraction of sp³-hybridized carbons (Fsp3) is 0.333. The lowest BCUT2D eigenvalue weighted by Crippen LogP contribution is -2.40. The first-order valence-corrected chi connectivity index (χ1v) is 12.5. The van der Waals surface area contributed by atoms with Crippen molar-refractivity contribution in [1.82, 2.24) is 4.90 Å². The van der Waals surface area contributed by atoms with Crippen LogP contribution in [0.4, 0.5) is 24.5 Å². The summed E-state index contributed by atoms with van der Waals surface area (Å²) in [5.74, 6) is -0.111. The summed E-state index contributed by atoms with van der Waals surface area (Å²) in [5, 5.41) is 1.29. The fourth-order valence-corrected chi connectivity index (χ4v) is 6.82. The Labute approximate surface area is 198 Å². The Kier molecular flexibility index (Phi) is 5.95. The van der Waals surface area contributed by atoms with Gasteiger partial charge in [0.1, 0.15) is 4.91 Å². The first kappa shape index (κ1) is 22.4. The second-order valence-electron chi connectivity index (χ2n) is 8.27. The molecule has 1 aliphatic carbocycles. The lowest BCUT2D eigenvalue weighted by molar-refractivity contribution is -0.137. The molecule has 4 nitrogen and oxygen atoms in total. The van der Waals surface area contributed by atoms with Gasteiger partial charge in [0, 0.05) is 18.0 Å². The van der Waals surface area contributed by atoms with E-state index in [1.165, 1.54) is 17.8 Å². The van der Waals surface area contributed by atoms with Crippen molar-refractivity contribution in [2.24, 2.45) is 4.99 Å². The highest BCUT2D eigenvalue weighted by molar-refractivity contribution is 8.19. The van der Waals surface area contributed by atoms with Gasteiger partial charge >= 0.3 is 6.18 Å². The third kappa shape index (κ3) is 4.28. The van der Waals surface area contributed by atoms with Gasteiger partial charge in [-0.1, -0.05) is 49.2 Å². The van der Waals surface area contributed by atoms with Gasteiger partial charge in [0.25, 0.3) is 5.91 Å².